The molecule has 0 radical (unpaired) electrons. The molecule has 0 aromatic carbocycles. The summed E-state index contributed by atoms with van der Waals surface area (Å²) >= 11 is 0. The molecule has 1 aliphatic carbocycles. The van der Waals surface area contributed by atoms with Crippen LogP contribution in [0.3, 0.4) is 0 Å². The van der Waals surface area contributed by atoms with E-state index in [1.165, 1.54) is 21.0 Å². The van der Waals surface area contributed by atoms with Crippen LogP contribution in [0.15, 0.2) is 0 Å². The Morgan fingerprint density at radius 1 is 1.00 bits per heavy atom. The molecule has 0 N–H and O–H groups in total. The Bertz CT molecular complexity index is 500. The summed E-state index contributed by atoms with van der Waals surface area (Å²) in [7, 11) is 1.25. The lowest BCUT2D eigenvalue weighted by molar-refractivity contribution is -0.188. The van der Waals surface area contributed by atoms with Crippen molar-refractivity contribution in [2.75, 3.05) is 7.11 Å². The fourth-order valence-electron chi connectivity index (χ4n) is 3.16. The third kappa shape index (κ3) is 3.81. The molecule has 0 unspecified atom stereocenters. The normalized spacial score (nSPS) is 35.1. The van der Waals surface area contributed by atoms with Gasteiger partial charge < -0.3 is 23.7 Å². The topological polar surface area (TPSA) is 97.4 Å². The Morgan fingerprint density at radius 3 is 2.09 bits per heavy atom. The van der Waals surface area contributed by atoms with Gasteiger partial charge in [-0.25, -0.2) is 0 Å². The maximum Gasteiger partial charge on any atom is 0.312 e. The second-order valence-corrected chi connectivity index (χ2v) is 6.15. The molecule has 2 fully saturated rings. The molecule has 2 rings (SSSR count). The Labute approximate surface area is 134 Å². The quantitative estimate of drug-likeness (QED) is 0.547. The summed E-state index contributed by atoms with van der Waals surface area (Å²) in [6.07, 6.45) is -2.77. The molecule has 1 saturated heterocycles. The highest BCUT2D eigenvalue weighted by atomic mass is 16.8. The van der Waals surface area contributed by atoms with E-state index in [0.29, 0.717) is 0 Å². The molecule has 1 heterocycles. The van der Waals surface area contributed by atoms with Gasteiger partial charge in [0.2, 0.25) is 0 Å². The summed E-state index contributed by atoms with van der Waals surface area (Å²) in [5.41, 5.74) is 0. The molecular weight excluding hydrogens is 308 g/mol. The van der Waals surface area contributed by atoms with Crippen molar-refractivity contribution < 1.29 is 38.1 Å². The first-order valence-corrected chi connectivity index (χ1v) is 7.42. The highest BCUT2D eigenvalue weighted by Crippen LogP contribution is 2.42. The molecule has 8 nitrogen and oxygen atoms in total. The van der Waals surface area contributed by atoms with Gasteiger partial charge in [0.05, 0.1) is 7.11 Å². The molecule has 8 heteroatoms. The van der Waals surface area contributed by atoms with Crippen LogP contribution in [0.4, 0.5) is 0 Å². The van der Waals surface area contributed by atoms with Crippen LogP contribution in [0, 0.1) is 5.92 Å². The van der Waals surface area contributed by atoms with Gasteiger partial charge in [-0.15, -0.1) is 0 Å². The van der Waals surface area contributed by atoms with Gasteiger partial charge in [0.25, 0.3) is 0 Å². The lowest BCUT2D eigenvalue weighted by atomic mass is 9.80. The average molecular weight is 330 g/mol. The van der Waals surface area contributed by atoms with E-state index in [0.717, 1.165) is 0 Å². The fraction of sp³-hybridized carbons (Fsp3) is 0.800. The number of carbonyl (C=O) groups is 3. The van der Waals surface area contributed by atoms with E-state index < -0.39 is 54.0 Å². The van der Waals surface area contributed by atoms with Gasteiger partial charge in [0.1, 0.15) is 30.3 Å². The summed E-state index contributed by atoms with van der Waals surface area (Å²) in [5, 5.41) is 0. The number of carbonyl (C=O) groups excluding carboxylic acids is 3. The minimum Gasteiger partial charge on any atom is -0.469 e. The summed E-state index contributed by atoms with van der Waals surface area (Å²) in [6, 6.07) is 0. The fourth-order valence-corrected chi connectivity index (χ4v) is 3.16. The van der Waals surface area contributed by atoms with E-state index in [1.807, 2.05) is 0 Å². The minimum atomic E-state index is -0.947. The molecule has 23 heavy (non-hydrogen) atoms. The molecular formula is C15H22O8. The zero-order valence-electron chi connectivity index (χ0n) is 13.9. The van der Waals surface area contributed by atoms with Crippen molar-refractivity contribution in [2.45, 2.75) is 64.3 Å². The van der Waals surface area contributed by atoms with E-state index in [4.69, 9.17) is 23.7 Å². The summed E-state index contributed by atoms with van der Waals surface area (Å²) in [4.78, 5) is 34.9. The van der Waals surface area contributed by atoms with Crippen LogP contribution < -0.4 is 0 Å². The first-order valence-electron chi connectivity index (χ1n) is 7.42. The molecule has 5 atom stereocenters. The van der Waals surface area contributed by atoms with Crippen molar-refractivity contribution in [3.8, 4) is 0 Å². The monoisotopic (exact) mass is 330 g/mol. The number of hydrogen-bond donors (Lipinski definition) is 0. The zero-order valence-corrected chi connectivity index (χ0v) is 13.9. The van der Waals surface area contributed by atoms with Crippen molar-refractivity contribution in [2.24, 2.45) is 5.92 Å². The first-order chi connectivity index (χ1) is 10.6. The van der Waals surface area contributed by atoms with E-state index in [9.17, 15) is 14.4 Å². The lowest BCUT2D eigenvalue weighted by Gasteiger charge is -2.39. The second-order valence-electron chi connectivity index (χ2n) is 6.15. The van der Waals surface area contributed by atoms with Crippen molar-refractivity contribution in [1.29, 1.82) is 0 Å². The van der Waals surface area contributed by atoms with Crippen molar-refractivity contribution >= 4 is 17.9 Å². The second kappa shape index (κ2) is 6.45. The van der Waals surface area contributed by atoms with Crippen LogP contribution in [-0.2, 0) is 38.1 Å². The Hall–Kier alpha value is -1.67. The number of fused-ring (bicyclic) bond motifs is 1. The van der Waals surface area contributed by atoms with E-state index in [2.05, 4.69) is 0 Å². The molecule has 1 saturated carbocycles. The van der Waals surface area contributed by atoms with Crippen molar-refractivity contribution in [3.05, 3.63) is 0 Å². The van der Waals surface area contributed by atoms with Crippen LogP contribution in [0.2, 0.25) is 0 Å². The summed E-state index contributed by atoms with van der Waals surface area (Å²) in [5.74, 6) is -3.33. The molecule has 130 valence electrons. The van der Waals surface area contributed by atoms with Crippen LogP contribution in [-0.4, -0.2) is 55.2 Å². The molecule has 0 spiro atoms. The Morgan fingerprint density at radius 2 is 1.57 bits per heavy atom. The highest BCUT2D eigenvalue weighted by Gasteiger charge is 2.58. The maximum absolute atomic E-state index is 12.1. The zero-order chi connectivity index (χ0) is 17.4. The number of methoxy groups -OCH3 is 1. The van der Waals surface area contributed by atoms with Gasteiger partial charge >= 0.3 is 17.9 Å². The van der Waals surface area contributed by atoms with E-state index >= 15 is 0 Å². The molecule has 1 aliphatic heterocycles. The van der Waals surface area contributed by atoms with Crippen molar-refractivity contribution in [1.82, 2.24) is 0 Å². The van der Waals surface area contributed by atoms with Crippen LogP contribution in [0.5, 0.6) is 0 Å². The van der Waals surface area contributed by atoms with Crippen LogP contribution >= 0.6 is 0 Å². The standard InChI is InChI=1S/C15H22O8/c1-7(16)20-10-6-9(14(18)19-5)11(21-8(2)17)13-12(10)22-15(3,4)23-13/h9-13H,6H2,1-5H3/t9-,10-,11-,12+,13+/m0/s1. The highest BCUT2D eigenvalue weighted by molar-refractivity contribution is 5.75. The number of esters is 3. The predicted octanol–water partition coefficient (Wildman–Crippen LogP) is 0.563. The van der Waals surface area contributed by atoms with E-state index in [1.54, 1.807) is 13.8 Å². The molecule has 0 aromatic heterocycles. The summed E-state index contributed by atoms with van der Waals surface area (Å²) < 4.78 is 27.0. The molecule has 0 aromatic rings. The average Bonchev–Trinajstić information content (AvgIpc) is 2.75. The van der Waals surface area contributed by atoms with Gasteiger partial charge in [0, 0.05) is 20.3 Å². The van der Waals surface area contributed by atoms with Gasteiger partial charge in [-0.1, -0.05) is 0 Å². The number of hydrogen-bond acceptors (Lipinski definition) is 8. The van der Waals surface area contributed by atoms with Crippen LogP contribution in [0.25, 0.3) is 0 Å². The summed E-state index contributed by atoms with van der Waals surface area (Å²) in [6.45, 7) is 5.94. The minimum absolute atomic E-state index is 0.130. The Kier molecular flexibility index (Phi) is 4.95. The van der Waals surface area contributed by atoms with Gasteiger partial charge in [-0.2, -0.15) is 0 Å². The largest absolute Gasteiger partial charge is 0.469 e. The predicted molar refractivity (Wildman–Crippen MR) is 75.1 cm³/mol. The number of rotatable bonds is 3. The Balaban J connectivity index is 2.34. The molecule has 2 aliphatic rings. The first kappa shape index (κ1) is 17.7. The molecule has 0 amide bonds. The van der Waals surface area contributed by atoms with Gasteiger partial charge in [-0.3, -0.25) is 14.4 Å². The third-order valence-electron chi connectivity index (χ3n) is 3.86. The van der Waals surface area contributed by atoms with Gasteiger partial charge in [0.15, 0.2) is 5.79 Å². The molecule has 0 bridgehead atoms. The van der Waals surface area contributed by atoms with Gasteiger partial charge in [-0.05, 0) is 13.8 Å². The SMILES string of the molecule is COC(=O)[C@H]1C[C@H](OC(C)=O)[C@H]2OC(C)(C)O[C@@H]2[C@H]1OC(C)=O. The maximum atomic E-state index is 12.1. The van der Waals surface area contributed by atoms with Crippen LogP contribution in [0.1, 0.15) is 34.1 Å². The lowest BCUT2D eigenvalue weighted by Crippen LogP contribution is -2.56. The third-order valence-corrected chi connectivity index (χ3v) is 3.86. The number of ether oxygens (including phenoxy) is 5. The van der Waals surface area contributed by atoms with Crippen molar-refractivity contribution in [3.63, 3.8) is 0 Å². The van der Waals surface area contributed by atoms with E-state index in [-0.39, 0.29) is 6.42 Å². The smallest absolute Gasteiger partial charge is 0.312 e.